The normalized spacial score (nSPS) is 11.2. The molecule has 0 amide bonds. The minimum atomic E-state index is 0.698. The lowest BCUT2D eigenvalue weighted by Gasteiger charge is -2.08. The summed E-state index contributed by atoms with van der Waals surface area (Å²) in [5.41, 5.74) is 5.44. The van der Waals surface area contributed by atoms with Crippen LogP contribution >= 0.6 is 0 Å². The van der Waals surface area contributed by atoms with E-state index in [1.807, 2.05) is 47.2 Å². The highest BCUT2D eigenvalue weighted by molar-refractivity contribution is 5.96. The van der Waals surface area contributed by atoms with Crippen molar-refractivity contribution in [1.82, 2.24) is 24.3 Å². The average Bonchev–Trinajstić information content (AvgIpc) is 3.37. The molecule has 0 aliphatic heterocycles. The fourth-order valence-corrected chi connectivity index (χ4v) is 3.50. The molecule has 5 rings (SSSR count). The van der Waals surface area contributed by atoms with Gasteiger partial charge in [-0.25, -0.2) is 4.98 Å². The Morgan fingerprint density at radius 1 is 0.857 bits per heavy atom. The maximum absolute atomic E-state index is 4.75. The summed E-state index contributed by atoms with van der Waals surface area (Å²) in [6, 6.07) is 18.9. The number of imidazole rings is 1. The van der Waals surface area contributed by atoms with E-state index < -0.39 is 0 Å². The van der Waals surface area contributed by atoms with Crippen molar-refractivity contribution < 1.29 is 0 Å². The quantitative estimate of drug-likeness (QED) is 0.469. The topological polar surface area (TPSA) is 48.5 Å². The highest BCUT2D eigenvalue weighted by Crippen LogP contribution is 2.30. The molecule has 0 atom stereocenters. The van der Waals surface area contributed by atoms with Crippen LogP contribution in [0.2, 0.25) is 0 Å². The van der Waals surface area contributed by atoms with Gasteiger partial charge >= 0.3 is 0 Å². The van der Waals surface area contributed by atoms with Crippen LogP contribution in [0.25, 0.3) is 33.2 Å². The zero-order valence-electron chi connectivity index (χ0n) is 15.5. The van der Waals surface area contributed by atoms with E-state index in [9.17, 15) is 0 Å². The van der Waals surface area contributed by atoms with Gasteiger partial charge in [-0.05, 0) is 23.1 Å². The van der Waals surface area contributed by atoms with Crippen molar-refractivity contribution in [3.05, 3.63) is 91.4 Å². The van der Waals surface area contributed by atoms with Crippen LogP contribution in [0, 0.1) is 0 Å². The number of benzene rings is 2. The number of rotatable bonds is 4. The van der Waals surface area contributed by atoms with Crippen molar-refractivity contribution in [2.24, 2.45) is 7.05 Å². The van der Waals surface area contributed by atoms with Crippen LogP contribution in [0.4, 0.5) is 0 Å². The molecule has 0 saturated heterocycles. The summed E-state index contributed by atoms with van der Waals surface area (Å²) < 4.78 is 3.95. The molecule has 0 spiro atoms. The third-order valence-corrected chi connectivity index (χ3v) is 5.02. The van der Waals surface area contributed by atoms with Crippen LogP contribution in [0.15, 0.2) is 85.7 Å². The number of hydrogen-bond donors (Lipinski definition) is 0. The first-order valence-electron chi connectivity index (χ1n) is 9.20. The van der Waals surface area contributed by atoms with E-state index in [1.165, 1.54) is 5.39 Å². The molecule has 136 valence electrons. The van der Waals surface area contributed by atoms with Crippen LogP contribution in [-0.2, 0) is 13.6 Å². The van der Waals surface area contributed by atoms with E-state index in [2.05, 4.69) is 58.5 Å². The molecule has 5 heteroatoms. The molecule has 5 aromatic rings. The Morgan fingerprint density at radius 2 is 1.75 bits per heavy atom. The van der Waals surface area contributed by atoms with Gasteiger partial charge in [0, 0.05) is 42.2 Å². The lowest BCUT2D eigenvalue weighted by Crippen LogP contribution is -2.04. The summed E-state index contributed by atoms with van der Waals surface area (Å²) in [5.74, 6) is 0. The van der Waals surface area contributed by atoms with Crippen LogP contribution in [0.1, 0.15) is 5.69 Å². The molecule has 0 aliphatic carbocycles. The zero-order valence-corrected chi connectivity index (χ0v) is 15.5. The summed E-state index contributed by atoms with van der Waals surface area (Å²) in [6.45, 7) is 0.698. The molecule has 0 bridgehead atoms. The third kappa shape index (κ3) is 2.97. The van der Waals surface area contributed by atoms with Gasteiger partial charge in [-0.3, -0.25) is 9.67 Å². The Kier molecular flexibility index (Phi) is 3.98. The van der Waals surface area contributed by atoms with E-state index >= 15 is 0 Å². The van der Waals surface area contributed by atoms with Gasteiger partial charge in [0.15, 0.2) is 0 Å². The largest absolute Gasteiger partial charge is 0.336 e. The second-order valence-electron chi connectivity index (χ2n) is 6.88. The Morgan fingerprint density at radius 3 is 2.64 bits per heavy atom. The third-order valence-electron chi connectivity index (χ3n) is 5.02. The molecule has 3 heterocycles. The lowest BCUT2D eigenvalue weighted by molar-refractivity contribution is 0.650. The van der Waals surface area contributed by atoms with Gasteiger partial charge in [-0.1, -0.05) is 42.5 Å². The van der Waals surface area contributed by atoms with Gasteiger partial charge in [-0.15, -0.1) is 0 Å². The first kappa shape index (κ1) is 16.4. The first-order valence-corrected chi connectivity index (χ1v) is 9.20. The van der Waals surface area contributed by atoms with Gasteiger partial charge in [0.25, 0.3) is 0 Å². The molecule has 5 nitrogen and oxygen atoms in total. The van der Waals surface area contributed by atoms with Crippen LogP contribution in [0.5, 0.6) is 0 Å². The number of hydrogen-bond acceptors (Lipinski definition) is 3. The van der Waals surface area contributed by atoms with Gasteiger partial charge < -0.3 is 4.57 Å². The van der Waals surface area contributed by atoms with Gasteiger partial charge in [-0.2, -0.15) is 5.10 Å². The van der Waals surface area contributed by atoms with Crippen molar-refractivity contribution in [3.63, 3.8) is 0 Å². The summed E-state index contributed by atoms with van der Waals surface area (Å²) in [4.78, 5) is 8.59. The number of aryl methyl sites for hydroxylation is 1. The maximum Gasteiger partial charge on any atom is 0.0946 e. The Bertz CT molecular complexity index is 1260. The second-order valence-corrected chi connectivity index (χ2v) is 6.88. The molecule has 3 aromatic heterocycles. The van der Waals surface area contributed by atoms with Crippen LogP contribution < -0.4 is 0 Å². The number of pyridine rings is 1. The van der Waals surface area contributed by atoms with E-state index in [0.717, 1.165) is 33.5 Å². The Labute approximate surface area is 162 Å². The molecule has 0 unspecified atom stereocenters. The molecule has 0 fully saturated rings. The molecule has 0 N–H and O–H groups in total. The molecule has 0 aliphatic rings. The molecular weight excluding hydrogens is 346 g/mol. The second kappa shape index (κ2) is 6.78. The first-order chi connectivity index (χ1) is 13.8. The molecule has 2 aromatic carbocycles. The highest BCUT2D eigenvalue weighted by atomic mass is 15.3. The predicted octanol–water partition coefficient (Wildman–Crippen LogP) is 4.55. The molecular formula is C23H19N5. The monoisotopic (exact) mass is 365 g/mol. The fraction of sp³-hybridized carbons (Fsp3) is 0.0870. The van der Waals surface area contributed by atoms with E-state index in [0.29, 0.717) is 6.54 Å². The summed E-state index contributed by atoms with van der Waals surface area (Å²) in [7, 11) is 1.99. The minimum absolute atomic E-state index is 0.698. The van der Waals surface area contributed by atoms with Crippen LogP contribution in [-0.4, -0.2) is 24.3 Å². The van der Waals surface area contributed by atoms with Crippen molar-refractivity contribution in [1.29, 1.82) is 0 Å². The van der Waals surface area contributed by atoms with E-state index in [1.54, 1.807) is 6.33 Å². The summed E-state index contributed by atoms with van der Waals surface area (Å²) in [6.07, 6.45) is 9.52. The Balaban J connectivity index is 1.50. The minimum Gasteiger partial charge on any atom is -0.336 e. The standard InChI is InChI=1S/C23H19N5/c1-27-16-25-13-20(27)15-28-10-9-23(26-28)18-7-4-6-17(11-18)22-14-24-12-19-5-2-3-8-21(19)22/h2-14,16H,15H2,1H3. The molecule has 0 saturated carbocycles. The average molecular weight is 365 g/mol. The van der Waals surface area contributed by atoms with Gasteiger partial charge in [0.1, 0.15) is 0 Å². The summed E-state index contributed by atoms with van der Waals surface area (Å²) >= 11 is 0. The van der Waals surface area contributed by atoms with E-state index in [4.69, 9.17) is 5.10 Å². The van der Waals surface area contributed by atoms with E-state index in [-0.39, 0.29) is 0 Å². The highest BCUT2D eigenvalue weighted by Gasteiger charge is 2.08. The summed E-state index contributed by atoms with van der Waals surface area (Å²) in [5, 5.41) is 7.10. The molecule has 28 heavy (non-hydrogen) atoms. The molecule has 0 radical (unpaired) electrons. The van der Waals surface area contributed by atoms with Crippen molar-refractivity contribution in [2.45, 2.75) is 6.54 Å². The van der Waals surface area contributed by atoms with Gasteiger partial charge in [0.2, 0.25) is 0 Å². The smallest absolute Gasteiger partial charge is 0.0946 e. The SMILES string of the molecule is Cn1cncc1Cn1ccc(-c2cccc(-c3cncc4ccccc34)c2)n1. The zero-order chi connectivity index (χ0) is 18.9. The van der Waals surface area contributed by atoms with Crippen molar-refractivity contribution >= 4 is 10.8 Å². The Hall–Kier alpha value is -3.73. The predicted molar refractivity (Wildman–Crippen MR) is 111 cm³/mol. The van der Waals surface area contributed by atoms with Crippen molar-refractivity contribution in [3.8, 4) is 22.4 Å². The van der Waals surface area contributed by atoms with Gasteiger partial charge in [0.05, 0.1) is 30.5 Å². The lowest BCUT2D eigenvalue weighted by atomic mass is 9.99. The number of nitrogens with zero attached hydrogens (tertiary/aromatic N) is 5. The van der Waals surface area contributed by atoms with Crippen molar-refractivity contribution in [2.75, 3.05) is 0 Å². The van der Waals surface area contributed by atoms with Crippen LogP contribution in [0.3, 0.4) is 0 Å². The number of fused-ring (bicyclic) bond motifs is 1. The number of aromatic nitrogens is 5. The fourth-order valence-electron chi connectivity index (χ4n) is 3.50. The maximum atomic E-state index is 4.75.